The molecule has 0 aliphatic carbocycles. The van der Waals surface area contributed by atoms with E-state index in [1.807, 2.05) is 0 Å². The van der Waals surface area contributed by atoms with Gasteiger partial charge in [0.25, 0.3) is 0 Å². The normalized spacial score (nSPS) is 20.2. The summed E-state index contributed by atoms with van der Waals surface area (Å²) in [6.07, 6.45) is 3.59. The Morgan fingerprint density at radius 1 is 1.41 bits per heavy atom. The third-order valence-corrected chi connectivity index (χ3v) is 3.56. The summed E-state index contributed by atoms with van der Waals surface area (Å²) < 4.78 is 5.52. The van der Waals surface area contributed by atoms with Crippen LogP contribution in [0.25, 0.3) is 0 Å². The van der Waals surface area contributed by atoms with Crippen molar-refractivity contribution in [2.45, 2.75) is 33.1 Å². The molecule has 0 spiro atoms. The first kappa shape index (κ1) is 12.4. The van der Waals surface area contributed by atoms with E-state index in [-0.39, 0.29) is 0 Å². The van der Waals surface area contributed by atoms with Gasteiger partial charge in [-0.1, -0.05) is 25.1 Å². The van der Waals surface area contributed by atoms with Gasteiger partial charge in [-0.15, -0.1) is 0 Å². The summed E-state index contributed by atoms with van der Waals surface area (Å²) in [6, 6.07) is 6.54. The molecule has 2 rings (SSSR count). The summed E-state index contributed by atoms with van der Waals surface area (Å²) in [7, 11) is 0. The monoisotopic (exact) mass is 233 g/mol. The third-order valence-electron chi connectivity index (χ3n) is 3.56. The minimum atomic E-state index is 0.674. The number of hydrogen-bond acceptors (Lipinski definition) is 2. The Balaban J connectivity index is 1.97. The second-order valence-corrected chi connectivity index (χ2v) is 4.93. The topological polar surface area (TPSA) is 21.3 Å². The van der Waals surface area contributed by atoms with Gasteiger partial charge in [-0.05, 0) is 43.2 Å². The maximum absolute atomic E-state index is 5.52. The van der Waals surface area contributed by atoms with Crippen molar-refractivity contribution in [1.29, 1.82) is 0 Å². The predicted molar refractivity (Wildman–Crippen MR) is 72.6 cm³/mol. The first-order valence-corrected chi connectivity index (χ1v) is 6.71. The standard InChI is InChI=1S/C15H23NO/c1-3-14-8-4-6-12(2)15(14)16-10-13-7-5-9-17-11-13/h4,6,8,13,16H,3,5,7,9-11H2,1-2H3. The number of nitrogens with one attached hydrogen (secondary N) is 1. The Bertz CT molecular complexity index is 356. The molecule has 1 aliphatic heterocycles. The van der Waals surface area contributed by atoms with E-state index in [1.54, 1.807) is 0 Å². The molecule has 1 atom stereocenters. The molecule has 1 saturated heterocycles. The second-order valence-electron chi connectivity index (χ2n) is 4.93. The molecule has 0 amide bonds. The van der Waals surface area contributed by atoms with Crippen LogP contribution < -0.4 is 5.32 Å². The fourth-order valence-corrected chi connectivity index (χ4v) is 2.49. The summed E-state index contributed by atoms with van der Waals surface area (Å²) in [5.41, 5.74) is 4.10. The Kier molecular flexibility index (Phi) is 4.43. The van der Waals surface area contributed by atoms with Gasteiger partial charge in [-0.3, -0.25) is 0 Å². The van der Waals surface area contributed by atoms with Gasteiger partial charge < -0.3 is 10.1 Å². The first-order chi connectivity index (χ1) is 8.31. The van der Waals surface area contributed by atoms with Crippen LogP contribution >= 0.6 is 0 Å². The predicted octanol–water partition coefficient (Wildman–Crippen LogP) is 3.40. The number of hydrogen-bond donors (Lipinski definition) is 1. The van der Waals surface area contributed by atoms with Gasteiger partial charge in [0.15, 0.2) is 0 Å². The van der Waals surface area contributed by atoms with Gasteiger partial charge >= 0.3 is 0 Å². The van der Waals surface area contributed by atoms with Gasteiger partial charge in [-0.2, -0.15) is 0 Å². The molecule has 17 heavy (non-hydrogen) atoms. The van der Waals surface area contributed by atoms with Crippen LogP contribution in [0.3, 0.4) is 0 Å². The fraction of sp³-hybridized carbons (Fsp3) is 0.600. The molecule has 1 aliphatic rings. The van der Waals surface area contributed by atoms with Crippen LogP contribution in [0.2, 0.25) is 0 Å². The number of rotatable bonds is 4. The van der Waals surface area contributed by atoms with E-state index < -0.39 is 0 Å². The fourth-order valence-electron chi connectivity index (χ4n) is 2.49. The van der Waals surface area contributed by atoms with Crippen LogP contribution in [0.15, 0.2) is 18.2 Å². The second kappa shape index (κ2) is 6.06. The van der Waals surface area contributed by atoms with Crippen LogP contribution in [0.5, 0.6) is 0 Å². The van der Waals surface area contributed by atoms with E-state index in [0.29, 0.717) is 5.92 Å². The van der Waals surface area contributed by atoms with Crippen molar-refractivity contribution in [3.63, 3.8) is 0 Å². The molecular formula is C15H23NO. The minimum Gasteiger partial charge on any atom is -0.384 e. The van der Waals surface area contributed by atoms with Crippen LogP contribution in [-0.4, -0.2) is 19.8 Å². The maximum atomic E-state index is 5.52. The molecule has 1 aromatic carbocycles. The largest absolute Gasteiger partial charge is 0.384 e. The number of ether oxygens (including phenoxy) is 1. The van der Waals surface area contributed by atoms with Gasteiger partial charge in [0.2, 0.25) is 0 Å². The van der Waals surface area contributed by atoms with Crippen LogP contribution in [0.4, 0.5) is 5.69 Å². The van der Waals surface area contributed by atoms with E-state index in [9.17, 15) is 0 Å². The van der Waals surface area contributed by atoms with E-state index in [4.69, 9.17) is 4.74 Å². The summed E-state index contributed by atoms with van der Waals surface area (Å²) in [5, 5.41) is 3.62. The summed E-state index contributed by atoms with van der Waals surface area (Å²) in [5.74, 6) is 0.674. The molecular weight excluding hydrogens is 210 g/mol. The van der Waals surface area contributed by atoms with Crippen LogP contribution in [0.1, 0.15) is 30.9 Å². The quantitative estimate of drug-likeness (QED) is 0.860. The van der Waals surface area contributed by atoms with E-state index >= 15 is 0 Å². The zero-order chi connectivity index (χ0) is 12.1. The van der Waals surface area contributed by atoms with Crippen molar-refractivity contribution >= 4 is 5.69 Å². The van der Waals surface area contributed by atoms with E-state index in [2.05, 4.69) is 37.4 Å². The number of benzene rings is 1. The van der Waals surface area contributed by atoms with Crippen LogP contribution in [-0.2, 0) is 11.2 Å². The minimum absolute atomic E-state index is 0.674. The van der Waals surface area contributed by atoms with Crippen molar-refractivity contribution in [3.8, 4) is 0 Å². The average molecular weight is 233 g/mol. The summed E-state index contributed by atoms with van der Waals surface area (Å²) >= 11 is 0. The Labute approximate surface area is 104 Å². The molecule has 1 aromatic rings. The lowest BCUT2D eigenvalue weighted by atomic mass is 10.0. The van der Waals surface area contributed by atoms with Crippen molar-refractivity contribution < 1.29 is 4.74 Å². The molecule has 2 nitrogen and oxygen atoms in total. The molecule has 1 heterocycles. The maximum Gasteiger partial charge on any atom is 0.0511 e. The van der Waals surface area contributed by atoms with Crippen molar-refractivity contribution in [3.05, 3.63) is 29.3 Å². The zero-order valence-electron chi connectivity index (χ0n) is 11.0. The summed E-state index contributed by atoms with van der Waals surface area (Å²) in [6.45, 7) is 7.29. The lowest BCUT2D eigenvalue weighted by Crippen LogP contribution is -2.24. The number of anilines is 1. The van der Waals surface area contributed by atoms with Crippen molar-refractivity contribution in [2.75, 3.05) is 25.1 Å². The lowest BCUT2D eigenvalue weighted by molar-refractivity contribution is 0.0595. The molecule has 1 unspecified atom stereocenters. The van der Waals surface area contributed by atoms with Gasteiger partial charge in [0, 0.05) is 18.8 Å². The highest BCUT2D eigenvalue weighted by atomic mass is 16.5. The smallest absolute Gasteiger partial charge is 0.0511 e. The van der Waals surface area contributed by atoms with E-state index in [1.165, 1.54) is 29.7 Å². The highest BCUT2D eigenvalue weighted by molar-refractivity contribution is 5.57. The van der Waals surface area contributed by atoms with Crippen molar-refractivity contribution in [2.24, 2.45) is 5.92 Å². The third kappa shape index (κ3) is 3.22. The first-order valence-electron chi connectivity index (χ1n) is 6.71. The molecule has 0 saturated carbocycles. The van der Waals surface area contributed by atoms with Crippen LogP contribution in [0, 0.1) is 12.8 Å². The Morgan fingerprint density at radius 2 is 2.29 bits per heavy atom. The molecule has 94 valence electrons. The summed E-state index contributed by atoms with van der Waals surface area (Å²) in [4.78, 5) is 0. The van der Waals surface area contributed by atoms with Crippen molar-refractivity contribution in [1.82, 2.24) is 0 Å². The van der Waals surface area contributed by atoms with E-state index in [0.717, 1.165) is 26.2 Å². The highest BCUT2D eigenvalue weighted by Crippen LogP contribution is 2.22. The highest BCUT2D eigenvalue weighted by Gasteiger charge is 2.14. The van der Waals surface area contributed by atoms with Gasteiger partial charge in [0.05, 0.1) is 6.61 Å². The molecule has 1 fully saturated rings. The lowest BCUT2D eigenvalue weighted by Gasteiger charge is -2.24. The average Bonchev–Trinajstić information content (AvgIpc) is 2.38. The molecule has 0 bridgehead atoms. The van der Waals surface area contributed by atoms with Gasteiger partial charge in [-0.25, -0.2) is 0 Å². The molecule has 2 heteroatoms. The zero-order valence-corrected chi connectivity index (χ0v) is 11.0. The SMILES string of the molecule is CCc1cccc(C)c1NCC1CCCOC1. The Hall–Kier alpha value is -1.02. The molecule has 0 aromatic heterocycles. The number of para-hydroxylation sites is 1. The molecule has 1 N–H and O–H groups in total. The number of aryl methyl sites for hydroxylation is 2. The Morgan fingerprint density at radius 3 is 3.00 bits per heavy atom. The molecule has 0 radical (unpaired) electrons. The van der Waals surface area contributed by atoms with Gasteiger partial charge in [0.1, 0.15) is 0 Å².